The van der Waals surface area contributed by atoms with E-state index >= 15 is 0 Å². The van der Waals surface area contributed by atoms with E-state index in [0.717, 1.165) is 0 Å². The summed E-state index contributed by atoms with van der Waals surface area (Å²) in [6, 6.07) is 0.746. The van der Waals surface area contributed by atoms with E-state index in [4.69, 9.17) is 10.9 Å². The lowest BCUT2D eigenvalue weighted by molar-refractivity contribution is -0.143. The number of nitrogens with zero attached hydrogens (tertiary/aromatic N) is 1. The highest BCUT2D eigenvalue weighted by atomic mass is 19.4. The Morgan fingerprint density at radius 2 is 1.50 bits per heavy atom. The van der Waals surface area contributed by atoms with Crippen LogP contribution in [0.1, 0.15) is 11.1 Å². The molecule has 0 fully saturated rings. The summed E-state index contributed by atoms with van der Waals surface area (Å²) in [6.45, 7) is -0.658. The fourth-order valence-corrected chi connectivity index (χ4v) is 1.20. The van der Waals surface area contributed by atoms with Crippen LogP contribution >= 0.6 is 0 Å². The molecule has 20 heavy (non-hydrogen) atoms. The lowest BCUT2D eigenvalue weighted by Gasteiger charge is -2.14. The van der Waals surface area contributed by atoms with Crippen LogP contribution in [-0.2, 0) is 12.4 Å². The predicted molar refractivity (Wildman–Crippen MR) is 55.3 cm³/mol. The molecule has 0 saturated carbocycles. The number of nitrogens with two attached hydrogens (primary N) is 1. The van der Waals surface area contributed by atoms with Gasteiger partial charge >= 0.3 is 12.4 Å². The molecule has 1 aromatic rings. The molecule has 0 spiro atoms. The number of alkyl halides is 6. The second kappa shape index (κ2) is 5.47. The molecule has 0 aromatic heterocycles. The SMILES string of the molecule is NC(COc1cc(C(F)(F)F)cc(C(F)(F)F)c1)=NO. The molecular weight excluding hydrogens is 294 g/mol. The Morgan fingerprint density at radius 1 is 1.05 bits per heavy atom. The van der Waals surface area contributed by atoms with Crippen LogP contribution in [0.4, 0.5) is 26.3 Å². The first-order chi connectivity index (χ1) is 9.04. The van der Waals surface area contributed by atoms with Crippen LogP contribution in [0.5, 0.6) is 5.75 Å². The van der Waals surface area contributed by atoms with Gasteiger partial charge in [-0.2, -0.15) is 26.3 Å². The van der Waals surface area contributed by atoms with Crippen molar-refractivity contribution in [2.45, 2.75) is 12.4 Å². The molecule has 1 aromatic carbocycles. The summed E-state index contributed by atoms with van der Waals surface area (Å²) in [7, 11) is 0. The van der Waals surface area contributed by atoms with E-state index in [2.05, 4.69) is 9.89 Å². The van der Waals surface area contributed by atoms with Crippen LogP contribution in [0.2, 0.25) is 0 Å². The fraction of sp³-hybridized carbons (Fsp3) is 0.300. The summed E-state index contributed by atoms with van der Waals surface area (Å²) in [4.78, 5) is 0. The van der Waals surface area contributed by atoms with E-state index in [1.807, 2.05) is 0 Å². The van der Waals surface area contributed by atoms with Crippen molar-refractivity contribution < 1.29 is 36.3 Å². The van der Waals surface area contributed by atoms with Crippen molar-refractivity contribution in [1.82, 2.24) is 0 Å². The molecule has 0 saturated heterocycles. The minimum Gasteiger partial charge on any atom is -0.486 e. The fourth-order valence-electron chi connectivity index (χ4n) is 1.20. The molecule has 0 atom stereocenters. The molecule has 0 heterocycles. The highest BCUT2D eigenvalue weighted by molar-refractivity contribution is 5.81. The number of rotatable bonds is 3. The maximum Gasteiger partial charge on any atom is 0.416 e. The second-order valence-electron chi connectivity index (χ2n) is 3.62. The molecule has 10 heteroatoms. The van der Waals surface area contributed by atoms with Gasteiger partial charge in [-0.3, -0.25) is 0 Å². The summed E-state index contributed by atoms with van der Waals surface area (Å²) >= 11 is 0. The van der Waals surface area contributed by atoms with Gasteiger partial charge in [0.1, 0.15) is 12.4 Å². The van der Waals surface area contributed by atoms with Gasteiger partial charge < -0.3 is 15.7 Å². The van der Waals surface area contributed by atoms with E-state index < -0.39 is 41.7 Å². The van der Waals surface area contributed by atoms with Crippen molar-refractivity contribution in [2.24, 2.45) is 10.9 Å². The molecule has 0 aliphatic heterocycles. The van der Waals surface area contributed by atoms with Gasteiger partial charge in [0.15, 0.2) is 5.84 Å². The number of halogens is 6. The lowest BCUT2D eigenvalue weighted by atomic mass is 10.1. The van der Waals surface area contributed by atoms with E-state index in [0.29, 0.717) is 12.1 Å². The van der Waals surface area contributed by atoms with Crippen molar-refractivity contribution in [3.63, 3.8) is 0 Å². The Bertz CT molecular complexity index is 477. The zero-order valence-electron chi connectivity index (χ0n) is 9.59. The first-order valence-corrected chi connectivity index (χ1v) is 4.92. The number of hydrogen-bond acceptors (Lipinski definition) is 3. The molecule has 112 valence electrons. The zero-order chi connectivity index (χ0) is 15.6. The molecule has 0 aliphatic carbocycles. The summed E-state index contributed by atoms with van der Waals surface area (Å²) < 4.78 is 79.6. The van der Waals surface area contributed by atoms with Gasteiger partial charge in [0.05, 0.1) is 11.1 Å². The minimum atomic E-state index is -4.96. The lowest BCUT2D eigenvalue weighted by Crippen LogP contribution is -2.21. The monoisotopic (exact) mass is 302 g/mol. The number of benzene rings is 1. The highest BCUT2D eigenvalue weighted by Crippen LogP contribution is 2.38. The van der Waals surface area contributed by atoms with Crippen LogP contribution < -0.4 is 10.5 Å². The predicted octanol–water partition coefficient (Wildman–Crippen LogP) is 2.85. The van der Waals surface area contributed by atoms with Gasteiger partial charge in [0.25, 0.3) is 0 Å². The normalized spacial score (nSPS) is 13.4. The van der Waals surface area contributed by atoms with Gasteiger partial charge in [-0.05, 0) is 18.2 Å². The Morgan fingerprint density at radius 3 is 1.85 bits per heavy atom. The summed E-state index contributed by atoms with van der Waals surface area (Å²) in [5.41, 5.74) is 1.97. The molecular formula is C10H8F6N2O2. The van der Waals surface area contributed by atoms with Crippen molar-refractivity contribution in [3.05, 3.63) is 29.3 Å². The van der Waals surface area contributed by atoms with Gasteiger partial charge in [0.2, 0.25) is 0 Å². The van der Waals surface area contributed by atoms with E-state index in [1.54, 1.807) is 0 Å². The third-order valence-corrected chi connectivity index (χ3v) is 2.08. The molecule has 0 aliphatic rings. The van der Waals surface area contributed by atoms with E-state index in [-0.39, 0.29) is 6.07 Å². The van der Waals surface area contributed by atoms with Crippen LogP contribution in [0.15, 0.2) is 23.4 Å². The number of oxime groups is 1. The minimum absolute atomic E-state index is 0.0314. The Hall–Kier alpha value is -2.13. The Kier molecular flexibility index (Phi) is 4.36. The van der Waals surface area contributed by atoms with Crippen LogP contribution in [0.25, 0.3) is 0 Å². The maximum atomic E-state index is 12.5. The van der Waals surface area contributed by atoms with Crippen molar-refractivity contribution >= 4 is 5.84 Å². The third-order valence-electron chi connectivity index (χ3n) is 2.08. The Balaban J connectivity index is 3.17. The number of ether oxygens (including phenoxy) is 1. The van der Waals surface area contributed by atoms with E-state index in [1.165, 1.54) is 0 Å². The number of amidine groups is 1. The summed E-state index contributed by atoms with van der Waals surface area (Å²) in [5.74, 6) is -1.20. The molecule has 0 unspecified atom stereocenters. The van der Waals surface area contributed by atoms with Crippen molar-refractivity contribution in [1.29, 1.82) is 0 Å². The quantitative estimate of drug-likeness (QED) is 0.297. The molecule has 1 rings (SSSR count). The topological polar surface area (TPSA) is 67.8 Å². The van der Waals surface area contributed by atoms with Gasteiger partial charge in [-0.25, -0.2) is 0 Å². The zero-order valence-corrected chi connectivity index (χ0v) is 9.59. The summed E-state index contributed by atoms with van der Waals surface area (Å²) in [5, 5.41) is 10.7. The van der Waals surface area contributed by atoms with Crippen LogP contribution in [0, 0.1) is 0 Å². The average molecular weight is 302 g/mol. The smallest absolute Gasteiger partial charge is 0.416 e. The van der Waals surface area contributed by atoms with Crippen LogP contribution in [-0.4, -0.2) is 17.6 Å². The summed E-state index contributed by atoms with van der Waals surface area (Å²) in [6.07, 6.45) is -9.92. The van der Waals surface area contributed by atoms with Gasteiger partial charge in [-0.15, -0.1) is 0 Å². The molecule has 0 bridgehead atoms. The second-order valence-corrected chi connectivity index (χ2v) is 3.62. The number of hydrogen-bond donors (Lipinski definition) is 2. The first-order valence-electron chi connectivity index (χ1n) is 4.92. The third kappa shape index (κ3) is 4.21. The molecule has 0 amide bonds. The van der Waals surface area contributed by atoms with Gasteiger partial charge in [0, 0.05) is 0 Å². The largest absolute Gasteiger partial charge is 0.486 e. The first kappa shape index (κ1) is 15.9. The van der Waals surface area contributed by atoms with Crippen LogP contribution in [0.3, 0.4) is 0 Å². The molecule has 0 radical (unpaired) electrons. The maximum absolute atomic E-state index is 12.5. The van der Waals surface area contributed by atoms with E-state index in [9.17, 15) is 26.3 Å². The average Bonchev–Trinajstić information content (AvgIpc) is 2.33. The van der Waals surface area contributed by atoms with Crippen molar-refractivity contribution in [2.75, 3.05) is 6.61 Å². The highest BCUT2D eigenvalue weighted by Gasteiger charge is 2.37. The standard InChI is InChI=1S/C10H8F6N2O2/c11-9(12,13)5-1-6(10(14,15)16)3-7(2-5)20-4-8(17)18-19/h1-3,19H,4H2,(H2,17,18). The molecule has 3 N–H and O–H groups in total. The van der Waals surface area contributed by atoms with Gasteiger partial charge in [-0.1, -0.05) is 5.16 Å². The Labute approximate surface area is 108 Å². The van der Waals surface area contributed by atoms with Crippen molar-refractivity contribution in [3.8, 4) is 5.75 Å². The molecule has 4 nitrogen and oxygen atoms in total.